The summed E-state index contributed by atoms with van der Waals surface area (Å²) in [5.41, 5.74) is 2.08. The Kier molecular flexibility index (Phi) is 5.70. The number of furan rings is 1. The SMILES string of the molecule is O=C(NCCCc1ccccc1)N1CCC(c2nnc(-c3ccoc3)o2)CC1. The number of aryl methyl sites for hydroxylation is 1. The van der Waals surface area contributed by atoms with Gasteiger partial charge in [-0.25, -0.2) is 4.79 Å². The maximum atomic E-state index is 12.4. The van der Waals surface area contributed by atoms with Gasteiger partial charge in [0.1, 0.15) is 6.26 Å². The third-order valence-corrected chi connectivity index (χ3v) is 5.10. The highest BCUT2D eigenvalue weighted by molar-refractivity contribution is 5.74. The predicted octanol–water partition coefficient (Wildman–Crippen LogP) is 3.85. The number of amides is 2. The normalized spacial score (nSPS) is 14.9. The molecule has 0 spiro atoms. The van der Waals surface area contributed by atoms with Crippen molar-refractivity contribution in [2.45, 2.75) is 31.6 Å². The minimum Gasteiger partial charge on any atom is -0.472 e. The molecule has 3 heterocycles. The lowest BCUT2D eigenvalue weighted by Gasteiger charge is -2.30. The van der Waals surface area contributed by atoms with Gasteiger partial charge >= 0.3 is 6.03 Å². The Bertz CT molecular complexity index is 868. The van der Waals surface area contributed by atoms with Gasteiger partial charge in [-0.3, -0.25) is 0 Å². The summed E-state index contributed by atoms with van der Waals surface area (Å²) in [5.74, 6) is 1.30. The van der Waals surface area contributed by atoms with Gasteiger partial charge in [-0.15, -0.1) is 10.2 Å². The molecular formula is C21H24N4O3. The van der Waals surface area contributed by atoms with Gasteiger partial charge < -0.3 is 19.1 Å². The number of piperidine rings is 1. The second-order valence-corrected chi connectivity index (χ2v) is 7.04. The summed E-state index contributed by atoms with van der Waals surface area (Å²) >= 11 is 0. The quantitative estimate of drug-likeness (QED) is 0.657. The van der Waals surface area contributed by atoms with Gasteiger partial charge in [0.05, 0.1) is 11.8 Å². The van der Waals surface area contributed by atoms with Crippen LogP contribution in [-0.2, 0) is 6.42 Å². The number of carbonyl (C=O) groups excluding carboxylic acids is 1. The largest absolute Gasteiger partial charge is 0.472 e. The first kappa shape index (κ1) is 18.3. The summed E-state index contributed by atoms with van der Waals surface area (Å²) in [6.45, 7) is 2.07. The van der Waals surface area contributed by atoms with E-state index < -0.39 is 0 Å². The lowest BCUT2D eigenvalue weighted by molar-refractivity contribution is 0.177. The number of benzene rings is 1. The number of rotatable bonds is 6. The second-order valence-electron chi connectivity index (χ2n) is 7.04. The molecule has 0 saturated carbocycles. The standard InChI is InChI=1S/C21H24N4O3/c26-21(22-11-4-7-16-5-2-1-3-6-16)25-12-8-17(9-13-25)19-23-24-20(28-19)18-10-14-27-15-18/h1-3,5-6,10,14-15,17H,4,7-9,11-13H2,(H,22,26). The number of hydrogen-bond donors (Lipinski definition) is 1. The Balaban J connectivity index is 1.20. The minimum atomic E-state index is 0.0103. The Morgan fingerprint density at radius 2 is 1.96 bits per heavy atom. The van der Waals surface area contributed by atoms with Crippen LogP contribution < -0.4 is 5.32 Å². The van der Waals surface area contributed by atoms with Crippen molar-refractivity contribution in [1.82, 2.24) is 20.4 Å². The Morgan fingerprint density at radius 3 is 2.71 bits per heavy atom. The van der Waals surface area contributed by atoms with Crippen molar-refractivity contribution in [2.75, 3.05) is 19.6 Å². The van der Waals surface area contributed by atoms with Crippen LogP contribution in [0.2, 0.25) is 0 Å². The van der Waals surface area contributed by atoms with Gasteiger partial charge in [-0.05, 0) is 37.3 Å². The molecule has 3 aromatic rings. The molecule has 1 fully saturated rings. The summed E-state index contributed by atoms with van der Waals surface area (Å²) in [7, 11) is 0. The molecule has 1 aliphatic heterocycles. The lowest BCUT2D eigenvalue weighted by atomic mass is 9.97. The molecule has 1 aliphatic rings. The van der Waals surface area contributed by atoms with Gasteiger partial charge in [-0.2, -0.15) is 0 Å². The highest BCUT2D eigenvalue weighted by atomic mass is 16.4. The molecule has 28 heavy (non-hydrogen) atoms. The fraction of sp³-hybridized carbons (Fsp3) is 0.381. The summed E-state index contributed by atoms with van der Waals surface area (Å²) in [4.78, 5) is 14.2. The highest BCUT2D eigenvalue weighted by Gasteiger charge is 2.27. The van der Waals surface area contributed by atoms with Crippen molar-refractivity contribution in [3.8, 4) is 11.5 Å². The molecule has 1 aromatic carbocycles. The zero-order chi connectivity index (χ0) is 19.2. The molecule has 4 rings (SSSR count). The zero-order valence-corrected chi connectivity index (χ0v) is 15.7. The summed E-state index contributed by atoms with van der Waals surface area (Å²) in [6, 6.07) is 12.1. The van der Waals surface area contributed by atoms with Crippen LogP contribution in [0.15, 0.2) is 57.8 Å². The molecule has 2 aromatic heterocycles. The summed E-state index contributed by atoms with van der Waals surface area (Å²) in [6.07, 6.45) is 6.72. The van der Waals surface area contributed by atoms with E-state index in [2.05, 4.69) is 27.6 Å². The minimum absolute atomic E-state index is 0.0103. The average molecular weight is 380 g/mol. The Hall–Kier alpha value is -3.09. The molecule has 0 unspecified atom stereocenters. The van der Waals surface area contributed by atoms with E-state index in [1.807, 2.05) is 23.1 Å². The molecule has 0 radical (unpaired) electrons. The molecule has 0 atom stereocenters. The van der Waals surface area contributed by atoms with Crippen LogP contribution in [0.4, 0.5) is 4.79 Å². The van der Waals surface area contributed by atoms with Crippen LogP contribution >= 0.6 is 0 Å². The van der Waals surface area contributed by atoms with Crippen molar-refractivity contribution in [3.05, 3.63) is 60.4 Å². The van der Waals surface area contributed by atoms with E-state index in [9.17, 15) is 4.79 Å². The maximum absolute atomic E-state index is 12.4. The van der Waals surface area contributed by atoms with E-state index in [1.165, 1.54) is 5.56 Å². The average Bonchev–Trinajstić information content (AvgIpc) is 3.44. The molecule has 7 heteroatoms. The lowest BCUT2D eigenvalue weighted by Crippen LogP contribution is -2.44. The van der Waals surface area contributed by atoms with E-state index in [0.29, 0.717) is 31.4 Å². The van der Waals surface area contributed by atoms with E-state index in [4.69, 9.17) is 8.83 Å². The van der Waals surface area contributed by atoms with Crippen LogP contribution in [0.1, 0.15) is 36.6 Å². The van der Waals surface area contributed by atoms with Gasteiger partial charge in [0.25, 0.3) is 5.89 Å². The monoisotopic (exact) mass is 380 g/mol. The maximum Gasteiger partial charge on any atom is 0.317 e. The van der Waals surface area contributed by atoms with Crippen LogP contribution in [0.3, 0.4) is 0 Å². The first-order valence-electron chi connectivity index (χ1n) is 9.72. The number of carbonyl (C=O) groups is 1. The smallest absolute Gasteiger partial charge is 0.317 e. The molecule has 2 amide bonds. The van der Waals surface area contributed by atoms with Crippen LogP contribution in [0.25, 0.3) is 11.5 Å². The number of aromatic nitrogens is 2. The van der Waals surface area contributed by atoms with Crippen molar-refractivity contribution < 1.29 is 13.6 Å². The summed E-state index contributed by atoms with van der Waals surface area (Å²) < 4.78 is 10.8. The number of nitrogens with zero attached hydrogens (tertiary/aromatic N) is 3. The second kappa shape index (κ2) is 8.73. The predicted molar refractivity (Wildman–Crippen MR) is 104 cm³/mol. The molecule has 0 bridgehead atoms. The van der Waals surface area contributed by atoms with E-state index in [1.54, 1.807) is 18.6 Å². The summed E-state index contributed by atoms with van der Waals surface area (Å²) in [5, 5.41) is 11.3. The van der Waals surface area contributed by atoms with E-state index in [0.717, 1.165) is 31.2 Å². The first-order chi connectivity index (χ1) is 13.8. The van der Waals surface area contributed by atoms with Crippen LogP contribution in [0, 0.1) is 0 Å². The van der Waals surface area contributed by atoms with Gasteiger partial charge in [0.15, 0.2) is 0 Å². The molecule has 1 saturated heterocycles. The number of nitrogens with one attached hydrogen (secondary N) is 1. The van der Waals surface area contributed by atoms with Crippen LogP contribution in [0.5, 0.6) is 0 Å². The van der Waals surface area contributed by atoms with Crippen molar-refractivity contribution in [3.63, 3.8) is 0 Å². The van der Waals surface area contributed by atoms with Crippen molar-refractivity contribution in [2.24, 2.45) is 0 Å². The molecule has 1 N–H and O–H groups in total. The zero-order valence-electron chi connectivity index (χ0n) is 15.7. The number of hydrogen-bond acceptors (Lipinski definition) is 5. The Morgan fingerprint density at radius 1 is 1.14 bits per heavy atom. The fourth-order valence-electron chi connectivity index (χ4n) is 3.48. The molecular weight excluding hydrogens is 356 g/mol. The Labute approximate surface area is 163 Å². The molecule has 0 aliphatic carbocycles. The molecule has 7 nitrogen and oxygen atoms in total. The highest BCUT2D eigenvalue weighted by Crippen LogP contribution is 2.29. The van der Waals surface area contributed by atoms with Gasteiger partial charge in [0, 0.05) is 25.6 Å². The molecule has 146 valence electrons. The van der Waals surface area contributed by atoms with E-state index in [-0.39, 0.29) is 11.9 Å². The number of urea groups is 1. The van der Waals surface area contributed by atoms with Crippen LogP contribution in [-0.4, -0.2) is 40.8 Å². The van der Waals surface area contributed by atoms with Crippen molar-refractivity contribution in [1.29, 1.82) is 0 Å². The first-order valence-corrected chi connectivity index (χ1v) is 9.72. The fourth-order valence-corrected chi connectivity index (χ4v) is 3.48. The number of likely N-dealkylation sites (tertiary alicyclic amines) is 1. The topological polar surface area (TPSA) is 84.4 Å². The van der Waals surface area contributed by atoms with E-state index >= 15 is 0 Å². The third-order valence-electron chi connectivity index (χ3n) is 5.10. The van der Waals surface area contributed by atoms with Gasteiger partial charge in [0.2, 0.25) is 5.89 Å². The van der Waals surface area contributed by atoms with Gasteiger partial charge in [-0.1, -0.05) is 30.3 Å². The van der Waals surface area contributed by atoms with Crippen molar-refractivity contribution >= 4 is 6.03 Å². The third kappa shape index (κ3) is 4.42.